The van der Waals surface area contributed by atoms with E-state index < -0.39 is 58.2 Å². The normalized spacial score (nSPS) is 28.2. The molecule has 48 heavy (non-hydrogen) atoms. The van der Waals surface area contributed by atoms with Gasteiger partial charge < -0.3 is 9.84 Å². The summed E-state index contributed by atoms with van der Waals surface area (Å²) >= 11 is 6.33. The van der Waals surface area contributed by atoms with Crippen LogP contribution in [0.1, 0.15) is 50.7 Å². The van der Waals surface area contributed by atoms with Gasteiger partial charge in [-0.15, -0.1) is 0 Å². The summed E-state index contributed by atoms with van der Waals surface area (Å²) in [6.45, 7) is 5.47. The molecule has 4 amide bonds. The number of anilines is 1. The molecular weight excluding hydrogens is 637 g/mol. The van der Waals surface area contributed by atoms with Crippen LogP contribution in [0.4, 0.5) is 10.1 Å². The zero-order chi connectivity index (χ0) is 34.3. The summed E-state index contributed by atoms with van der Waals surface area (Å²) < 4.78 is 19.3. The van der Waals surface area contributed by atoms with Crippen LogP contribution < -0.4 is 10.2 Å². The fourth-order valence-electron chi connectivity index (χ4n) is 8.57. The van der Waals surface area contributed by atoms with Crippen LogP contribution in [0.5, 0.6) is 11.5 Å². The van der Waals surface area contributed by atoms with E-state index in [1.165, 1.54) is 42.3 Å². The van der Waals surface area contributed by atoms with Gasteiger partial charge in [-0.05, 0) is 99.2 Å². The number of nitrogens with one attached hydrogen (secondary N) is 1. The molecule has 0 unspecified atom stereocenters. The predicted octanol–water partition coefficient (Wildman–Crippen LogP) is 5.98. The Bertz CT molecular complexity index is 1890. The Morgan fingerprint density at radius 1 is 0.938 bits per heavy atom. The van der Waals surface area contributed by atoms with Crippen LogP contribution >= 0.6 is 11.6 Å². The van der Waals surface area contributed by atoms with Crippen molar-refractivity contribution < 1.29 is 33.4 Å². The third-order valence-corrected chi connectivity index (χ3v) is 10.7. The fourth-order valence-corrected chi connectivity index (χ4v) is 8.69. The quantitative estimate of drug-likeness (QED) is 0.253. The van der Waals surface area contributed by atoms with Gasteiger partial charge in [0.25, 0.3) is 11.8 Å². The largest absolute Gasteiger partial charge is 0.504 e. The second-order valence-electron chi connectivity index (χ2n) is 14.0. The maximum Gasteiger partial charge on any atom is 0.260 e. The lowest BCUT2D eigenvalue weighted by Crippen LogP contribution is -2.53. The second kappa shape index (κ2) is 11.2. The van der Waals surface area contributed by atoms with Crippen LogP contribution in [-0.2, 0) is 24.6 Å². The number of methoxy groups -OCH3 is 1. The Morgan fingerprint density at radius 3 is 2.27 bits per heavy atom. The predicted molar refractivity (Wildman–Crippen MR) is 175 cm³/mol. The summed E-state index contributed by atoms with van der Waals surface area (Å²) in [5.41, 5.74) is 2.90. The first-order chi connectivity index (χ1) is 22.8. The number of carbonyl (C=O) groups excluding carboxylic acids is 4. The molecule has 3 aromatic rings. The van der Waals surface area contributed by atoms with E-state index in [1.807, 2.05) is 26.8 Å². The van der Waals surface area contributed by atoms with Crippen molar-refractivity contribution in [1.29, 1.82) is 0 Å². The molecule has 3 aromatic carbocycles. The van der Waals surface area contributed by atoms with Crippen molar-refractivity contribution in [1.82, 2.24) is 9.91 Å². The molecule has 0 spiro atoms. The molecule has 11 heteroatoms. The minimum absolute atomic E-state index is 0.103. The van der Waals surface area contributed by atoms with Gasteiger partial charge in [0, 0.05) is 16.5 Å². The number of allylic oxidation sites excluding steroid dienone is 2. The lowest BCUT2D eigenvalue weighted by molar-refractivity contribution is -0.146. The van der Waals surface area contributed by atoms with Crippen LogP contribution in [0.15, 0.2) is 78.4 Å². The van der Waals surface area contributed by atoms with E-state index >= 15 is 4.79 Å². The standard InChI is InChI=1S/C37H35ClFN3O6/c1-36(2,3)41-32(44)25-15-14-24-26(30(25)34(41)46)18-27-33(45)42(40-23-12-10-22(39)11-13-23)35(47)37(27,20-6-8-21(38)9-7-20)31(24)19-5-16-28(43)29(17-19)48-4/h5-14,16-17,25-27,30-31,40,43H,15,18H2,1-4H3/t25-,26+,27-,30-,31-,37+/m0/s1. The Balaban J connectivity index is 1.47. The highest BCUT2D eigenvalue weighted by atomic mass is 35.5. The first-order valence-electron chi connectivity index (χ1n) is 15.9. The zero-order valence-electron chi connectivity index (χ0n) is 26.9. The van der Waals surface area contributed by atoms with E-state index in [2.05, 4.69) is 5.43 Å². The summed E-state index contributed by atoms with van der Waals surface area (Å²) in [6, 6.07) is 17.0. The first-order valence-corrected chi connectivity index (χ1v) is 16.3. The fraction of sp³-hybridized carbons (Fsp3) is 0.351. The summed E-state index contributed by atoms with van der Waals surface area (Å²) in [4.78, 5) is 59.1. The summed E-state index contributed by atoms with van der Waals surface area (Å²) in [5.74, 6) is -5.60. The summed E-state index contributed by atoms with van der Waals surface area (Å²) in [6.07, 6.45) is 2.39. The molecule has 248 valence electrons. The molecule has 6 atom stereocenters. The topological polar surface area (TPSA) is 116 Å². The monoisotopic (exact) mass is 671 g/mol. The average Bonchev–Trinajstić information content (AvgIpc) is 3.44. The molecule has 2 heterocycles. The number of amides is 4. The van der Waals surface area contributed by atoms with Crippen LogP contribution in [0.3, 0.4) is 0 Å². The van der Waals surface area contributed by atoms with Crippen molar-refractivity contribution in [2.45, 2.75) is 50.5 Å². The number of imide groups is 2. The maximum absolute atomic E-state index is 15.1. The lowest BCUT2D eigenvalue weighted by atomic mass is 9.49. The number of phenols is 1. The molecule has 9 nitrogen and oxygen atoms in total. The average molecular weight is 672 g/mol. The van der Waals surface area contributed by atoms with Crippen molar-refractivity contribution in [2.24, 2.45) is 23.7 Å². The summed E-state index contributed by atoms with van der Waals surface area (Å²) in [7, 11) is 1.42. The molecule has 2 aliphatic heterocycles. The van der Waals surface area contributed by atoms with E-state index in [9.17, 15) is 23.9 Å². The number of hydrazine groups is 1. The molecule has 2 aliphatic carbocycles. The highest BCUT2D eigenvalue weighted by molar-refractivity contribution is 6.30. The summed E-state index contributed by atoms with van der Waals surface area (Å²) in [5, 5.41) is 12.0. The van der Waals surface area contributed by atoms with Gasteiger partial charge in [0.2, 0.25) is 11.8 Å². The molecular formula is C37H35ClFN3O6. The van der Waals surface area contributed by atoms with Gasteiger partial charge >= 0.3 is 0 Å². The second-order valence-corrected chi connectivity index (χ2v) is 14.4. The highest BCUT2D eigenvalue weighted by Crippen LogP contribution is 2.64. The van der Waals surface area contributed by atoms with Crippen molar-refractivity contribution in [3.05, 3.63) is 100 Å². The number of phenolic OH excluding ortho intramolecular Hbond substituents is 1. The minimum Gasteiger partial charge on any atom is -0.504 e. The number of likely N-dealkylation sites (tertiary alicyclic amines) is 1. The van der Waals surface area contributed by atoms with E-state index in [0.717, 1.165) is 10.6 Å². The molecule has 2 saturated heterocycles. The molecule has 0 aromatic heterocycles. The number of nitrogens with zero attached hydrogens (tertiary/aromatic N) is 2. The Kier molecular flexibility index (Phi) is 7.43. The van der Waals surface area contributed by atoms with Crippen molar-refractivity contribution >= 4 is 40.9 Å². The van der Waals surface area contributed by atoms with Gasteiger partial charge in [-0.25, -0.2) is 4.39 Å². The number of aromatic hydroxyl groups is 1. The highest BCUT2D eigenvalue weighted by Gasteiger charge is 2.70. The number of hydrogen-bond acceptors (Lipinski definition) is 7. The van der Waals surface area contributed by atoms with Crippen molar-refractivity contribution in [3.8, 4) is 11.5 Å². The van der Waals surface area contributed by atoms with Gasteiger partial charge in [-0.2, -0.15) is 5.01 Å². The SMILES string of the molecule is COc1cc([C@H]2C3=CC[C@@H]4C(=O)N(C(C)(C)C)C(=O)[C@@H]4[C@@H]3C[C@H]3C(=O)N(Nc4ccc(F)cc4)C(=O)[C@@]23c2ccc(Cl)cc2)ccc1O. The molecule has 4 aliphatic rings. The molecule has 0 radical (unpaired) electrons. The number of halogens is 2. The van der Waals surface area contributed by atoms with Gasteiger partial charge in [0.1, 0.15) is 5.82 Å². The maximum atomic E-state index is 15.1. The zero-order valence-corrected chi connectivity index (χ0v) is 27.6. The third kappa shape index (κ3) is 4.56. The molecule has 0 bridgehead atoms. The number of benzene rings is 3. The number of ether oxygens (including phenoxy) is 1. The van der Waals surface area contributed by atoms with Crippen LogP contribution in [0.2, 0.25) is 5.02 Å². The van der Waals surface area contributed by atoms with Gasteiger partial charge in [-0.1, -0.05) is 41.4 Å². The molecule has 2 N–H and O–H groups in total. The van der Waals surface area contributed by atoms with Crippen LogP contribution in [-0.4, -0.2) is 51.3 Å². The first kappa shape index (κ1) is 31.9. The Labute approximate surface area is 282 Å². The van der Waals surface area contributed by atoms with E-state index in [4.69, 9.17) is 16.3 Å². The molecule has 3 fully saturated rings. The van der Waals surface area contributed by atoms with E-state index in [1.54, 1.807) is 36.4 Å². The van der Waals surface area contributed by atoms with Gasteiger partial charge in [0.05, 0.1) is 36.0 Å². The van der Waals surface area contributed by atoms with Crippen LogP contribution in [0.25, 0.3) is 0 Å². The smallest absolute Gasteiger partial charge is 0.260 e. The molecule has 1 saturated carbocycles. The Morgan fingerprint density at radius 2 is 1.62 bits per heavy atom. The van der Waals surface area contributed by atoms with Crippen LogP contribution in [0, 0.1) is 29.5 Å². The Hall–Kier alpha value is -4.70. The minimum atomic E-state index is -1.53. The van der Waals surface area contributed by atoms with E-state index in [0.29, 0.717) is 28.3 Å². The third-order valence-electron chi connectivity index (χ3n) is 10.5. The molecule has 7 rings (SSSR count). The number of fused-ring (bicyclic) bond motifs is 4. The number of hydrogen-bond donors (Lipinski definition) is 2. The van der Waals surface area contributed by atoms with Gasteiger partial charge in [-0.3, -0.25) is 29.5 Å². The van der Waals surface area contributed by atoms with Crippen molar-refractivity contribution in [2.75, 3.05) is 12.5 Å². The number of carbonyl (C=O) groups is 4. The van der Waals surface area contributed by atoms with Gasteiger partial charge in [0.15, 0.2) is 11.5 Å². The van der Waals surface area contributed by atoms with Crippen molar-refractivity contribution in [3.63, 3.8) is 0 Å². The van der Waals surface area contributed by atoms with E-state index in [-0.39, 0.29) is 29.7 Å². The lowest BCUT2D eigenvalue weighted by Gasteiger charge is -2.50. The number of rotatable bonds is 5.